The summed E-state index contributed by atoms with van der Waals surface area (Å²) in [6.45, 7) is 3.65. The van der Waals surface area contributed by atoms with E-state index in [0.29, 0.717) is 12.1 Å². The van der Waals surface area contributed by atoms with Crippen molar-refractivity contribution in [1.82, 2.24) is 4.90 Å². The smallest absolute Gasteiger partial charge is 0.245 e. The highest BCUT2D eigenvalue weighted by molar-refractivity contribution is 7.99. The van der Waals surface area contributed by atoms with Crippen LogP contribution in [0.25, 0.3) is 0 Å². The minimum Gasteiger partial charge on any atom is -0.341 e. The minimum absolute atomic E-state index is 0. The van der Waals surface area contributed by atoms with Crippen molar-refractivity contribution < 1.29 is 9.59 Å². The van der Waals surface area contributed by atoms with Crippen molar-refractivity contribution in [2.24, 2.45) is 5.73 Å². The van der Waals surface area contributed by atoms with E-state index < -0.39 is 6.04 Å². The van der Waals surface area contributed by atoms with Gasteiger partial charge in [-0.05, 0) is 30.2 Å². The number of thioether (sulfide) groups is 1. The molecule has 0 bridgehead atoms. The summed E-state index contributed by atoms with van der Waals surface area (Å²) in [5, 5.41) is 2.84. The van der Waals surface area contributed by atoms with Crippen molar-refractivity contribution in [2.45, 2.75) is 19.4 Å². The van der Waals surface area contributed by atoms with Crippen LogP contribution in [0.4, 0.5) is 5.69 Å². The van der Waals surface area contributed by atoms with Crippen molar-refractivity contribution in [3.63, 3.8) is 0 Å². The number of aryl methyl sites for hydroxylation is 1. The number of hydrogen-bond acceptors (Lipinski definition) is 4. The quantitative estimate of drug-likeness (QED) is 0.780. The Kier molecular flexibility index (Phi) is 8.35. The van der Waals surface area contributed by atoms with E-state index in [1.165, 1.54) is 0 Å². The first-order chi connectivity index (χ1) is 13.0. The second-order valence-electron chi connectivity index (χ2n) is 6.74. The zero-order chi connectivity index (χ0) is 19.2. The van der Waals surface area contributed by atoms with Gasteiger partial charge < -0.3 is 16.0 Å². The zero-order valence-electron chi connectivity index (χ0n) is 15.9. The van der Waals surface area contributed by atoms with E-state index in [1.54, 1.807) is 0 Å². The Hall–Kier alpha value is -2.02. The third kappa shape index (κ3) is 5.99. The number of carbonyl (C=O) groups is 2. The molecule has 28 heavy (non-hydrogen) atoms. The Balaban J connectivity index is 0.00000280. The van der Waals surface area contributed by atoms with Crippen LogP contribution in [-0.2, 0) is 16.0 Å². The maximum absolute atomic E-state index is 12.4. The van der Waals surface area contributed by atoms with Gasteiger partial charge in [0.15, 0.2) is 0 Å². The van der Waals surface area contributed by atoms with Gasteiger partial charge in [-0.1, -0.05) is 42.0 Å². The predicted molar refractivity (Wildman–Crippen MR) is 118 cm³/mol. The molecule has 1 fully saturated rings. The number of halogens is 1. The lowest BCUT2D eigenvalue weighted by Crippen LogP contribution is -2.38. The van der Waals surface area contributed by atoms with E-state index in [9.17, 15) is 9.59 Å². The summed E-state index contributed by atoms with van der Waals surface area (Å²) in [6, 6.07) is 14.3. The molecule has 1 aliphatic rings. The molecule has 3 N–H and O–H groups in total. The lowest BCUT2D eigenvalue weighted by molar-refractivity contribution is -0.130. The number of amides is 2. The minimum atomic E-state index is -0.719. The second kappa shape index (κ2) is 10.5. The molecule has 0 aliphatic carbocycles. The van der Waals surface area contributed by atoms with Crippen molar-refractivity contribution in [1.29, 1.82) is 0 Å². The van der Waals surface area contributed by atoms with E-state index >= 15 is 0 Å². The molecule has 1 atom stereocenters. The summed E-state index contributed by atoms with van der Waals surface area (Å²) >= 11 is 1.89. The summed E-state index contributed by atoms with van der Waals surface area (Å²) in [6.07, 6.45) is 0.391. The molecule has 1 saturated heterocycles. The van der Waals surface area contributed by atoms with E-state index in [1.807, 2.05) is 72.1 Å². The number of carbonyl (C=O) groups excluding carboxylic acids is 2. The van der Waals surface area contributed by atoms with Gasteiger partial charge in [0.2, 0.25) is 11.8 Å². The molecule has 1 heterocycles. The lowest BCUT2D eigenvalue weighted by Gasteiger charge is -2.26. The second-order valence-corrected chi connectivity index (χ2v) is 7.97. The molecule has 3 rings (SSSR count). The number of hydrogen-bond donors (Lipinski definition) is 2. The summed E-state index contributed by atoms with van der Waals surface area (Å²) in [5.74, 6) is 1.93. The monoisotopic (exact) mass is 419 g/mol. The highest BCUT2D eigenvalue weighted by atomic mass is 35.5. The molecule has 0 radical (unpaired) electrons. The van der Waals surface area contributed by atoms with Crippen molar-refractivity contribution in [3.05, 3.63) is 65.2 Å². The normalized spacial score (nSPS) is 14.7. The van der Waals surface area contributed by atoms with Crippen molar-refractivity contribution in [3.8, 4) is 0 Å². The van der Waals surface area contributed by atoms with Gasteiger partial charge in [0.05, 0.1) is 6.42 Å². The van der Waals surface area contributed by atoms with E-state index in [2.05, 4.69) is 5.32 Å². The first-order valence-corrected chi connectivity index (χ1v) is 10.3. The van der Waals surface area contributed by atoms with Crippen LogP contribution < -0.4 is 11.1 Å². The van der Waals surface area contributed by atoms with Crippen molar-refractivity contribution >= 4 is 41.7 Å². The first kappa shape index (κ1) is 22.3. The highest BCUT2D eigenvalue weighted by Gasteiger charge is 2.18. The first-order valence-electron chi connectivity index (χ1n) is 9.10. The van der Waals surface area contributed by atoms with Gasteiger partial charge >= 0.3 is 0 Å². The molecule has 2 aromatic rings. The Labute approximate surface area is 176 Å². The molecule has 7 heteroatoms. The fourth-order valence-corrected chi connectivity index (χ4v) is 3.85. The standard InChI is InChI=1S/C21H25N3O2S.ClH/c1-15-2-6-17(7-3-15)20(22)21(26)23-18-8-4-16(5-9-18)14-19(25)24-10-12-27-13-11-24;/h2-9,20H,10-14,22H2,1H3,(H,23,26);1H. The zero-order valence-corrected chi connectivity index (χ0v) is 17.5. The van der Waals surface area contributed by atoms with Crippen molar-refractivity contribution in [2.75, 3.05) is 29.9 Å². The molecule has 1 aliphatic heterocycles. The van der Waals surface area contributed by atoms with Crippen LogP contribution in [0.15, 0.2) is 48.5 Å². The van der Waals surface area contributed by atoms with Crippen LogP contribution in [0.2, 0.25) is 0 Å². The van der Waals surface area contributed by atoms with Crippen LogP contribution in [0, 0.1) is 6.92 Å². The van der Waals surface area contributed by atoms with Crippen LogP contribution >= 0.6 is 24.2 Å². The summed E-state index contributed by atoms with van der Waals surface area (Å²) < 4.78 is 0. The Morgan fingerprint density at radius 2 is 1.68 bits per heavy atom. The van der Waals surface area contributed by atoms with Gasteiger partial charge in [0.25, 0.3) is 0 Å². The maximum atomic E-state index is 12.4. The van der Waals surface area contributed by atoms with E-state index in [-0.39, 0.29) is 24.2 Å². The highest BCUT2D eigenvalue weighted by Crippen LogP contribution is 2.17. The van der Waals surface area contributed by atoms with Crippen LogP contribution in [0.3, 0.4) is 0 Å². The largest absolute Gasteiger partial charge is 0.341 e. The third-order valence-electron chi connectivity index (χ3n) is 4.66. The molecular weight excluding hydrogens is 394 g/mol. The average Bonchev–Trinajstić information content (AvgIpc) is 2.70. The maximum Gasteiger partial charge on any atom is 0.245 e. The topological polar surface area (TPSA) is 75.4 Å². The van der Waals surface area contributed by atoms with E-state index in [4.69, 9.17) is 5.73 Å². The van der Waals surface area contributed by atoms with Crippen LogP contribution in [0.1, 0.15) is 22.7 Å². The molecule has 0 aromatic heterocycles. The molecule has 150 valence electrons. The van der Waals surface area contributed by atoms with Crippen LogP contribution in [-0.4, -0.2) is 41.3 Å². The predicted octanol–water partition coefficient (Wildman–Crippen LogP) is 3.17. The Morgan fingerprint density at radius 3 is 2.29 bits per heavy atom. The summed E-state index contributed by atoms with van der Waals surface area (Å²) in [4.78, 5) is 26.6. The number of nitrogens with two attached hydrogens (primary N) is 1. The average molecular weight is 420 g/mol. The molecule has 2 aromatic carbocycles. The molecule has 0 saturated carbocycles. The number of benzene rings is 2. The molecule has 0 spiro atoms. The number of nitrogens with zero attached hydrogens (tertiary/aromatic N) is 1. The fraction of sp³-hybridized carbons (Fsp3) is 0.333. The fourth-order valence-electron chi connectivity index (χ4n) is 2.95. The van der Waals surface area contributed by atoms with Gasteiger partial charge in [-0.25, -0.2) is 0 Å². The van der Waals surface area contributed by atoms with Gasteiger partial charge in [0, 0.05) is 30.3 Å². The number of anilines is 1. The summed E-state index contributed by atoms with van der Waals surface area (Å²) in [7, 11) is 0. The van der Waals surface area contributed by atoms with Gasteiger partial charge in [-0.3, -0.25) is 9.59 Å². The number of rotatable bonds is 5. The molecule has 1 unspecified atom stereocenters. The molecule has 2 amide bonds. The molecule has 5 nitrogen and oxygen atoms in total. The van der Waals surface area contributed by atoms with Gasteiger partial charge in [-0.15, -0.1) is 12.4 Å². The van der Waals surface area contributed by atoms with E-state index in [0.717, 1.165) is 41.3 Å². The SMILES string of the molecule is Cc1ccc(C(N)C(=O)Nc2ccc(CC(=O)N3CCSCC3)cc2)cc1.Cl. The Morgan fingerprint density at radius 1 is 1.07 bits per heavy atom. The molecular formula is C21H26ClN3O2S. The van der Waals surface area contributed by atoms with Crippen LogP contribution in [0.5, 0.6) is 0 Å². The lowest BCUT2D eigenvalue weighted by atomic mass is 10.1. The number of nitrogens with one attached hydrogen (secondary N) is 1. The third-order valence-corrected chi connectivity index (χ3v) is 5.60. The van der Waals surface area contributed by atoms with Gasteiger partial charge in [0.1, 0.15) is 6.04 Å². The summed E-state index contributed by atoms with van der Waals surface area (Å²) in [5.41, 5.74) is 9.57. The Bertz CT molecular complexity index is 790. The van der Waals surface area contributed by atoms with Gasteiger partial charge in [-0.2, -0.15) is 11.8 Å².